The summed E-state index contributed by atoms with van der Waals surface area (Å²) >= 11 is 15.1. The van der Waals surface area contributed by atoms with Crippen molar-refractivity contribution in [2.75, 3.05) is 25.1 Å². The van der Waals surface area contributed by atoms with Gasteiger partial charge in [-0.2, -0.15) is 0 Å². The summed E-state index contributed by atoms with van der Waals surface area (Å²) in [5.74, 6) is -1.06. The Hall–Kier alpha value is -1.02. The normalized spacial score (nSPS) is 10.2. The van der Waals surface area contributed by atoms with Gasteiger partial charge in [-0.15, -0.1) is 0 Å². The molecule has 2 amide bonds. The van der Waals surface area contributed by atoms with E-state index in [2.05, 4.69) is 26.6 Å². The molecule has 0 aliphatic rings. The first-order valence-corrected chi connectivity index (χ1v) is 6.94. The molecular formula is C11H11BrCl2N2O4. The molecule has 0 aliphatic heterocycles. The molecule has 0 heterocycles. The van der Waals surface area contributed by atoms with Crippen molar-refractivity contribution >= 4 is 56.8 Å². The highest BCUT2D eigenvalue weighted by molar-refractivity contribution is 9.10. The van der Waals surface area contributed by atoms with E-state index in [9.17, 15) is 9.59 Å². The van der Waals surface area contributed by atoms with Gasteiger partial charge in [0, 0.05) is 11.0 Å². The quantitative estimate of drug-likeness (QED) is 0.518. The number of nitrogens with one attached hydrogen (secondary N) is 2. The van der Waals surface area contributed by atoms with Crippen LogP contribution in [-0.4, -0.2) is 36.9 Å². The lowest BCUT2D eigenvalue weighted by molar-refractivity contribution is -0.142. The summed E-state index contributed by atoms with van der Waals surface area (Å²) < 4.78 is 5.38. The number of hydrogen-bond acceptors (Lipinski definition) is 3. The van der Waals surface area contributed by atoms with Crippen LogP contribution in [0.5, 0.6) is 0 Å². The van der Waals surface area contributed by atoms with Gasteiger partial charge in [-0.3, -0.25) is 0 Å². The van der Waals surface area contributed by atoms with Crippen LogP contribution in [0.4, 0.5) is 10.5 Å². The number of benzene rings is 1. The summed E-state index contributed by atoms with van der Waals surface area (Å²) in [6, 6.07) is 2.75. The molecule has 0 aromatic heterocycles. The summed E-state index contributed by atoms with van der Waals surface area (Å²) in [5, 5.41) is 13.9. The average Bonchev–Trinajstić information content (AvgIpc) is 2.39. The predicted molar refractivity (Wildman–Crippen MR) is 79.6 cm³/mol. The molecule has 0 unspecified atom stereocenters. The molecule has 0 fully saturated rings. The Balaban J connectivity index is 2.39. The van der Waals surface area contributed by atoms with Crippen molar-refractivity contribution in [1.82, 2.24) is 5.32 Å². The summed E-state index contributed by atoms with van der Waals surface area (Å²) in [6.45, 7) is -0.146. The molecule has 0 atom stereocenters. The zero-order valence-electron chi connectivity index (χ0n) is 10.1. The lowest BCUT2D eigenvalue weighted by atomic mass is 10.3. The third kappa shape index (κ3) is 5.54. The molecule has 0 saturated carbocycles. The monoisotopic (exact) mass is 384 g/mol. The topological polar surface area (TPSA) is 87.7 Å². The molecule has 0 spiro atoms. The zero-order valence-corrected chi connectivity index (χ0v) is 13.2. The first-order chi connectivity index (χ1) is 9.41. The molecule has 1 aromatic carbocycles. The highest BCUT2D eigenvalue weighted by Gasteiger charge is 2.10. The number of carboxylic acid groups (broad SMARTS) is 1. The molecule has 0 radical (unpaired) electrons. The Labute approximate surface area is 133 Å². The van der Waals surface area contributed by atoms with E-state index in [1.54, 1.807) is 12.1 Å². The minimum Gasteiger partial charge on any atom is -0.480 e. The molecule has 9 heteroatoms. The van der Waals surface area contributed by atoms with Crippen LogP contribution in [0.25, 0.3) is 0 Å². The van der Waals surface area contributed by atoms with Gasteiger partial charge in [-0.25, -0.2) is 9.59 Å². The average molecular weight is 386 g/mol. The number of carboxylic acids is 1. The van der Waals surface area contributed by atoms with E-state index < -0.39 is 18.6 Å². The zero-order chi connectivity index (χ0) is 15.1. The van der Waals surface area contributed by atoms with Gasteiger partial charge in [-0.1, -0.05) is 23.2 Å². The SMILES string of the molecule is O=C(O)COCCNC(=O)Nc1ccc(Br)c(Cl)c1Cl. The van der Waals surface area contributed by atoms with Crippen LogP contribution in [0.1, 0.15) is 0 Å². The molecule has 3 N–H and O–H groups in total. The van der Waals surface area contributed by atoms with Crippen LogP contribution < -0.4 is 10.6 Å². The van der Waals surface area contributed by atoms with Gasteiger partial charge in [0.15, 0.2) is 0 Å². The number of aliphatic carboxylic acids is 1. The largest absolute Gasteiger partial charge is 0.480 e. The fourth-order valence-electron chi connectivity index (χ4n) is 1.19. The van der Waals surface area contributed by atoms with E-state index in [0.29, 0.717) is 15.2 Å². The number of carbonyl (C=O) groups excluding carboxylic acids is 1. The van der Waals surface area contributed by atoms with E-state index in [-0.39, 0.29) is 18.2 Å². The van der Waals surface area contributed by atoms with Crippen molar-refractivity contribution in [3.05, 3.63) is 26.7 Å². The highest BCUT2D eigenvalue weighted by atomic mass is 79.9. The number of urea groups is 1. The second-order valence-corrected chi connectivity index (χ2v) is 5.16. The van der Waals surface area contributed by atoms with E-state index in [0.717, 1.165) is 0 Å². The van der Waals surface area contributed by atoms with Crippen molar-refractivity contribution < 1.29 is 19.4 Å². The Morgan fingerprint density at radius 2 is 2.00 bits per heavy atom. The molecule has 6 nitrogen and oxygen atoms in total. The van der Waals surface area contributed by atoms with Gasteiger partial charge >= 0.3 is 12.0 Å². The summed E-state index contributed by atoms with van der Waals surface area (Å²) in [4.78, 5) is 21.7. The van der Waals surface area contributed by atoms with Gasteiger partial charge in [0.25, 0.3) is 0 Å². The molecule has 110 valence electrons. The van der Waals surface area contributed by atoms with Crippen LogP contribution in [0, 0.1) is 0 Å². The first kappa shape index (κ1) is 17.0. The number of amides is 2. The number of halogens is 3. The standard InChI is InChI=1S/C11H11BrCl2N2O4/c12-6-1-2-7(10(14)9(6)13)16-11(19)15-3-4-20-5-8(17)18/h1-2H,3-5H2,(H,17,18)(H2,15,16,19). The molecule has 0 saturated heterocycles. The maximum absolute atomic E-state index is 11.6. The molecule has 1 aromatic rings. The molecule has 1 rings (SSSR count). The van der Waals surface area contributed by atoms with Gasteiger partial charge in [0.05, 0.1) is 22.3 Å². The Morgan fingerprint density at radius 3 is 2.65 bits per heavy atom. The van der Waals surface area contributed by atoms with E-state index in [1.807, 2.05) is 0 Å². The fraction of sp³-hybridized carbons (Fsp3) is 0.273. The number of hydrogen-bond donors (Lipinski definition) is 3. The van der Waals surface area contributed by atoms with E-state index >= 15 is 0 Å². The molecule has 0 bridgehead atoms. The smallest absolute Gasteiger partial charge is 0.329 e. The molecular weight excluding hydrogens is 375 g/mol. The van der Waals surface area contributed by atoms with Gasteiger partial charge in [0.1, 0.15) is 6.61 Å². The molecule has 20 heavy (non-hydrogen) atoms. The van der Waals surface area contributed by atoms with Gasteiger partial charge < -0.3 is 20.5 Å². The van der Waals surface area contributed by atoms with Crippen LogP contribution in [0.3, 0.4) is 0 Å². The number of anilines is 1. The van der Waals surface area contributed by atoms with E-state index in [4.69, 9.17) is 33.0 Å². The summed E-state index contributed by atoms with van der Waals surface area (Å²) in [6.07, 6.45) is 0. The van der Waals surface area contributed by atoms with Crippen molar-refractivity contribution in [2.45, 2.75) is 0 Å². The maximum Gasteiger partial charge on any atom is 0.329 e. The Kier molecular flexibility index (Phi) is 7.08. The fourth-order valence-corrected chi connectivity index (χ4v) is 2.01. The number of carbonyl (C=O) groups is 2. The van der Waals surface area contributed by atoms with Crippen molar-refractivity contribution in [1.29, 1.82) is 0 Å². The van der Waals surface area contributed by atoms with Crippen LogP contribution in [-0.2, 0) is 9.53 Å². The predicted octanol–water partition coefficient (Wildman–Crippen LogP) is 2.98. The number of ether oxygens (including phenoxy) is 1. The van der Waals surface area contributed by atoms with Crippen LogP contribution in [0.15, 0.2) is 16.6 Å². The lowest BCUT2D eigenvalue weighted by Crippen LogP contribution is -2.32. The van der Waals surface area contributed by atoms with Crippen LogP contribution >= 0.6 is 39.1 Å². The van der Waals surface area contributed by atoms with Crippen molar-refractivity contribution in [3.63, 3.8) is 0 Å². The second kappa shape index (κ2) is 8.31. The lowest BCUT2D eigenvalue weighted by Gasteiger charge is -2.10. The minimum absolute atomic E-state index is 0.0918. The highest BCUT2D eigenvalue weighted by Crippen LogP contribution is 2.35. The van der Waals surface area contributed by atoms with Crippen molar-refractivity contribution in [2.24, 2.45) is 0 Å². The Morgan fingerprint density at radius 1 is 1.30 bits per heavy atom. The maximum atomic E-state index is 11.6. The second-order valence-electron chi connectivity index (χ2n) is 3.55. The van der Waals surface area contributed by atoms with Gasteiger partial charge in [0.2, 0.25) is 0 Å². The first-order valence-electron chi connectivity index (χ1n) is 5.39. The van der Waals surface area contributed by atoms with E-state index in [1.165, 1.54) is 0 Å². The number of rotatable bonds is 6. The van der Waals surface area contributed by atoms with Crippen molar-refractivity contribution in [3.8, 4) is 0 Å². The summed E-state index contributed by atoms with van der Waals surface area (Å²) in [5.41, 5.74) is 0.365. The van der Waals surface area contributed by atoms with Gasteiger partial charge in [-0.05, 0) is 28.1 Å². The minimum atomic E-state index is -1.06. The third-order valence-corrected chi connectivity index (χ3v) is 3.81. The summed E-state index contributed by atoms with van der Waals surface area (Å²) in [7, 11) is 0. The Bertz CT molecular complexity index is 513. The molecule has 0 aliphatic carbocycles. The van der Waals surface area contributed by atoms with Crippen LogP contribution in [0.2, 0.25) is 10.0 Å². The third-order valence-electron chi connectivity index (χ3n) is 2.04.